The molecule has 0 bridgehead atoms. The summed E-state index contributed by atoms with van der Waals surface area (Å²) in [6.07, 6.45) is 9.36. The van der Waals surface area contributed by atoms with Gasteiger partial charge in [-0.15, -0.1) is 11.3 Å². The maximum Gasteiger partial charge on any atom is 0.0934 e. The summed E-state index contributed by atoms with van der Waals surface area (Å²) in [5.74, 6) is 0.791. The van der Waals surface area contributed by atoms with E-state index in [0.29, 0.717) is 6.04 Å². The van der Waals surface area contributed by atoms with Gasteiger partial charge in [-0.05, 0) is 45.6 Å². The first-order chi connectivity index (χ1) is 9.20. The zero-order valence-corrected chi connectivity index (χ0v) is 13.5. The highest BCUT2D eigenvalue weighted by atomic mass is 32.1. The molecule has 2 rings (SSSR count). The van der Waals surface area contributed by atoms with Gasteiger partial charge in [0, 0.05) is 17.3 Å². The molecule has 1 fully saturated rings. The lowest BCUT2D eigenvalue weighted by molar-refractivity contribution is 0.332. The summed E-state index contributed by atoms with van der Waals surface area (Å²) in [6, 6.07) is 0.715. The van der Waals surface area contributed by atoms with Crippen molar-refractivity contribution in [2.45, 2.75) is 71.8 Å². The highest BCUT2D eigenvalue weighted by molar-refractivity contribution is 7.11. The number of nitrogens with zero attached hydrogens (tertiary/aromatic N) is 1. The van der Waals surface area contributed by atoms with Crippen LogP contribution in [-0.4, -0.2) is 17.6 Å². The van der Waals surface area contributed by atoms with Crippen molar-refractivity contribution < 1.29 is 0 Å². The van der Waals surface area contributed by atoms with Crippen LogP contribution in [0.3, 0.4) is 0 Å². The van der Waals surface area contributed by atoms with E-state index in [-0.39, 0.29) is 0 Å². The van der Waals surface area contributed by atoms with Crippen LogP contribution in [0.1, 0.15) is 61.0 Å². The number of nitrogens with one attached hydrogen (secondary N) is 1. The number of thiazole rings is 1. The quantitative estimate of drug-likeness (QED) is 0.816. The lowest BCUT2D eigenvalue weighted by Crippen LogP contribution is -2.37. The topological polar surface area (TPSA) is 24.9 Å². The van der Waals surface area contributed by atoms with Crippen LogP contribution in [0, 0.1) is 19.8 Å². The van der Waals surface area contributed by atoms with Gasteiger partial charge in [-0.2, -0.15) is 0 Å². The molecule has 0 saturated heterocycles. The zero-order valence-electron chi connectivity index (χ0n) is 12.7. The largest absolute Gasteiger partial charge is 0.314 e. The van der Waals surface area contributed by atoms with Crippen LogP contribution >= 0.6 is 11.3 Å². The van der Waals surface area contributed by atoms with Crippen molar-refractivity contribution in [2.75, 3.05) is 6.54 Å². The molecule has 1 aromatic heterocycles. The molecule has 19 heavy (non-hydrogen) atoms. The highest BCUT2D eigenvalue weighted by Gasteiger charge is 2.24. The molecule has 0 radical (unpaired) electrons. The Morgan fingerprint density at radius 2 is 2.00 bits per heavy atom. The molecule has 2 unspecified atom stereocenters. The van der Waals surface area contributed by atoms with Gasteiger partial charge < -0.3 is 5.32 Å². The monoisotopic (exact) mass is 280 g/mol. The minimum atomic E-state index is 0.715. The fraction of sp³-hybridized carbons (Fsp3) is 0.812. The second-order valence-electron chi connectivity index (χ2n) is 5.91. The van der Waals surface area contributed by atoms with Gasteiger partial charge in [0.2, 0.25) is 0 Å². The predicted molar refractivity (Wildman–Crippen MR) is 83.9 cm³/mol. The molecule has 0 aromatic carbocycles. The lowest BCUT2D eigenvalue weighted by Gasteiger charge is -2.25. The van der Waals surface area contributed by atoms with Crippen molar-refractivity contribution >= 4 is 11.3 Å². The number of hydrogen-bond acceptors (Lipinski definition) is 3. The predicted octanol–water partition coefficient (Wildman–Crippen LogP) is 4.25. The summed E-state index contributed by atoms with van der Waals surface area (Å²) in [4.78, 5) is 6.13. The van der Waals surface area contributed by atoms with Crippen LogP contribution in [0.25, 0.3) is 0 Å². The molecular weight excluding hydrogens is 252 g/mol. The molecule has 1 aliphatic rings. The summed E-state index contributed by atoms with van der Waals surface area (Å²) in [7, 11) is 0. The Hall–Kier alpha value is -0.410. The van der Waals surface area contributed by atoms with E-state index in [1.807, 2.05) is 11.3 Å². The van der Waals surface area contributed by atoms with Gasteiger partial charge in [0.1, 0.15) is 0 Å². The standard InChI is InChI=1S/C16H28N2S/c1-4-10-17-15-9-7-5-6-8-14(15)11-16-18-12(2)13(3)19-16/h14-15,17H,4-11H2,1-3H3. The zero-order chi connectivity index (χ0) is 13.7. The molecule has 1 heterocycles. The molecular formula is C16H28N2S. The first kappa shape index (κ1) is 15.0. The summed E-state index contributed by atoms with van der Waals surface area (Å²) < 4.78 is 0. The second-order valence-corrected chi connectivity index (χ2v) is 7.20. The Labute approximate surface area is 122 Å². The van der Waals surface area contributed by atoms with E-state index in [2.05, 4.69) is 26.1 Å². The number of aromatic nitrogens is 1. The first-order valence-corrected chi connectivity index (χ1v) is 8.68. The van der Waals surface area contributed by atoms with Crippen LogP contribution in [0.5, 0.6) is 0 Å². The molecule has 1 aliphatic carbocycles. The smallest absolute Gasteiger partial charge is 0.0934 e. The van der Waals surface area contributed by atoms with E-state index in [9.17, 15) is 0 Å². The first-order valence-electron chi connectivity index (χ1n) is 7.87. The average Bonchev–Trinajstić information content (AvgIpc) is 2.59. The van der Waals surface area contributed by atoms with Crippen molar-refractivity contribution in [3.8, 4) is 0 Å². The van der Waals surface area contributed by atoms with Crippen molar-refractivity contribution in [1.82, 2.24) is 10.3 Å². The van der Waals surface area contributed by atoms with E-state index < -0.39 is 0 Å². The SMILES string of the molecule is CCCNC1CCCCCC1Cc1nc(C)c(C)s1. The van der Waals surface area contributed by atoms with E-state index >= 15 is 0 Å². The lowest BCUT2D eigenvalue weighted by atomic mass is 9.91. The summed E-state index contributed by atoms with van der Waals surface area (Å²) >= 11 is 1.90. The second kappa shape index (κ2) is 7.39. The number of rotatable bonds is 5. The fourth-order valence-corrected chi connectivity index (χ4v) is 4.10. The van der Waals surface area contributed by atoms with Crippen molar-refractivity contribution in [3.63, 3.8) is 0 Å². The Morgan fingerprint density at radius 1 is 1.21 bits per heavy atom. The average molecular weight is 280 g/mol. The van der Waals surface area contributed by atoms with Crippen LogP contribution in [0.2, 0.25) is 0 Å². The van der Waals surface area contributed by atoms with Crippen molar-refractivity contribution in [1.29, 1.82) is 0 Å². The minimum Gasteiger partial charge on any atom is -0.314 e. The Balaban J connectivity index is 2.00. The van der Waals surface area contributed by atoms with Gasteiger partial charge in [0.15, 0.2) is 0 Å². The molecule has 0 amide bonds. The molecule has 2 atom stereocenters. The van der Waals surface area contributed by atoms with Gasteiger partial charge in [-0.25, -0.2) is 4.98 Å². The van der Waals surface area contributed by atoms with E-state index in [4.69, 9.17) is 4.98 Å². The molecule has 0 spiro atoms. The van der Waals surface area contributed by atoms with E-state index in [0.717, 1.165) is 12.5 Å². The third kappa shape index (κ3) is 4.28. The van der Waals surface area contributed by atoms with Crippen molar-refractivity contribution in [3.05, 3.63) is 15.6 Å². The van der Waals surface area contributed by atoms with Gasteiger partial charge in [-0.3, -0.25) is 0 Å². The minimum absolute atomic E-state index is 0.715. The molecule has 3 heteroatoms. The Bertz CT molecular complexity index is 367. The molecule has 2 nitrogen and oxygen atoms in total. The van der Waals surface area contributed by atoms with Crippen LogP contribution in [0.15, 0.2) is 0 Å². The van der Waals surface area contributed by atoms with Crippen LogP contribution in [0.4, 0.5) is 0 Å². The van der Waals surface area contributed by atoms with Gasteiger partial charge in [0.25, 0.3) is 0 Å². The molecule has 1 aromatic rings. The number of aryl methyl sites for hydroxylation is 2. The normalized spacial score (nSPS) is 24.4. The highest BCUT2D eigenvalue weighted by Crippen LogP contribution is 2.28. The van der Waals surface area contributed by atoms with Crippen LogP contribution in [-0.2, 0) is 6.42 Å². The summed E-state index contributed by atoms with van der Waals surface area (Å²) in [5.41, 5.74) is 1.23. The summed E-state index contributed by atoms with van der Waals surface area (Å²) in [6.45, 7) is 7.75. The maximum absolute atomic E-state index is 4.74. The van der Waals surface area contributed by atoms with Gasteiger partial charge in [-0.1, -0.05) is 26.2 Å². The van der Waals surface area contributed by atoms with Gasteiger partial charge >= 0.3 is 0 Å². The third-order valence-corrected chi connectivity index (χ3v) is 5.42. The van der Waals surface area contributed by atoms with Crippen molar-refractivity contribution in [2.24, 2.45) is 5.92 Å². The van der Waals surface area contributed by atoms with E-state index in [1.165, 1.54) is 60.5 Å². The van der Waals surface area contributed by atoms with Crippen LogP contribution < -0.4 is 5.32 Å². The molecule has 108 valence electrons. The third-order valence-electron chi connectivity index (χ3n) is 4.33. The molecule has 0 aliphatic heterocycles. The van der Waals surface area contributed by atoms with Gasteiger partial charge in [0.05, 0.1) is 10.7 Å². The van der Waals surface area contributed by atoms with E-state index in [1.54, 1.807) is 0 Å². The summed E-state index contributed by atoms with van der Waals surface area (Å²) in [5, 5.41) is 5.13. The fourth-order valence-electron chi connectivity index (χ4n) is 3.08. The molecule has 1 N–H and O–H groups in total. The molecule has 1 saturated carbocycles. The Kier molecular flexibility index (Phi) is 5.83. The maximum atomic E-state index is 4.74. The number of hydrogen-bond donors (Lipinski definition) is 1. The Morgan fingerprint density at radius 3 is 2.68 bits per heavy atom.